The summed E-state index contributed by atoms with van der Waals surface area (Å²) in [7, 11) is 0. The van der Waals surface area contributed by atoms with E-state index in [9.17, 15) is 4.79 Å². The molecule has 30 heavy (non-hydrogen) atoms. The number of hydrogen-bond acceptors (Lipinski definition) is 4. The Morgan fingerprint density at radius 3 is 2.57 bits per heavy atom. The van der Waals surface area contributed by atoms with Crippen LogP contribution >= 0.6 is 11.3 Å². The van der Waals surface area contributed by atoms with E-state index in [2.05, 4.69) is 39.7 Å². The Morgan fingerprint density at radius 1 is 1.03 bits per heavy atom. The van der Waals surface area contributed by atoms with Gasteiger partial charge in [-0.2, -0.15) is 0 Å². The first-order chi connectivity index (χ1) is 14.7. The van der Waals surface area contributed by atoms with Gasteiger partial charge in [-0.15, -0.1) is 11.3 Å². The summed E-state index contributed by atoms with van der Waals surface area (Å²) in [5, 5.41) is 2.79. The maximum Gasteiger partial charge on any atom is 0.273 e. The highest BCUT2D eigenvalue weighted by atomic mass is 32.1. The molecule has 0 unspecified atom stereocenters. The minimum atomic E-state index is 0.0520. The maximum absolute atomic E-state index is 13.0. The van der Waals surface area contributed by atoms with Gasteiger partial charge in [0, 0.05) is 30.6 Å². The molecule has 5 rings (SSSR count). The minimum absolute atomic E-state index is 0.0520. The Balaban J connectivity index is 1.23. The van der Waals surface area contributed by atoms with Gasteiger partial charge in [0.05, 0.1) is 11.0 Å². The number of aromatic nitrogens is 3. The number of fused-ring (bicyclic) bond motifs is 1. The fourth-order valence-corrected chi connectivity index (χ4v) is 5.05. The van der Waals surface area contributed by atoms with Gasteiger partial charge in [0.2, 0.25) is 0 Å². The lowest BCUT2D eigenvalue weighted by Gasteiger charge is -2.32. The number of aryl methyl sites for hydroxylation is 1. The standard InChI is InChI=1S/C24H24N4OS/c1-17-25-20-9-5-6-10-22(20)28(17)15-18-11-13-27(14-12-18)24(29)21-16-30-23(26-21)19-7-3-2-4-8-19/h2-10,16,18H,11-15H2,1H3. The summed E-state index contributed by atoms with van der Waals surface area (Å²) < 4.78 is 2.32. The number of para-hydroxylation sites is 2. The number of hydrogen-bond donors (Lipinski definition) is 0. The molecule has 0 spiro atoms. The van der Waals surface area contributed by atoms with Crippen molar-refractivity contribution < 1.29 is 4.79 Å². The van der Waals surface area contributed by atoms with E-state index < -0.39 is 0 Å². The third-order valence-corrected chi connectivity index (χ3v) is 6.82. The zero-order chi connectivity index (χ0) is 20.5. The van der Waals surface area contributed by atoms with Crippen molar-refractivity contribution in [3.63, 3.8) is 0 Å². The highest BCUT2D eigenvalue weighted by Gasteiger charge is 2.26. The molecule has 1 aliphatic rings. The molecule has 2 aromatic carbocycles. The molecule has 1 aliphatic heterocycles. The molecule has 1 amide bonds. The molecule has 0 radical (unpaired) electrons. The summed E-state index contributed by atoms with van der Waals surface area (Å²) in [5.74, 6) is 1.67. The number of nitrogens with zero attached hydrogens (tertiary/aromatic N) is 4. The normalized spacial score (nSPS) is 15.0. The highest BCUT2D eigenvalue weighted by molar-refractivity contribution is 7.13. The molecule has 6 heteroatoms. The van der Waals surface area contributed by atoms with Crippen LogP contribution in [0, 0.1) is 12.8 Å². The second kappa shape index (κ2) is 8.03. The molecule has 152 valence electrons. The van der Waals surface area contributed by atoms with Crippen LogP contribution in [0.5, 0.6) is 0 Å². The Bertz CT molecular complexity index is 1170. The van der Waals surface area contributed by atoms with Crippen LogP contribution in [0.4, 0.5) is 0 Å². The first kappa shape index (κ1) is 19.0. The third-order valence-electron chi connectivity index (χ3n) is 5.93. The van der Waals surface area contributed by atoms with Crippen molar-refractivity contribution in [2.75, 3.05) is 13.1 Å². The van der Waals surface area contributed by atoms with Gasteiger partial charge in [-0.05, 0) is 37.8 Å². The molecule has 1 saturated heterocycles. The molecule has 2 aromatic heterocycles. The lowest BCUT2D eigenvalue weighted by Crippen LogP contribution is -2.39. The van der Waals surface area contributed by atoms with Gasteiger partial charge in [0.15, 0.2) is 0 Å². The van der Waals surface area contributed by atoms with Crippen LogP contribution in [-0.2, 0) is 6.54 Å². The number of piperidine rings is 1. The lowest BCUT2D eigenvalue weighted by molar-refractivity contribution is 0.0678. The molecule has 0 saturated carbocycles. The molecule has 0 aliphatic carbocycles. The number of likely N-dealkylation sites (tertiary alicyclic amines) is 1. The number of carbonyl (C=O) groups is 1. The first-order valence-corrected chi connectivity index (χ1v) is 11.3. The molecule has 1 fully saturated rings. The SMILES string of the molecule is Cc1nc2ccccc2n1CC1CCN(C(=O)c2csc(-c3ccccc3)n2)CC1. The Kier molecular flexibility index (Phi) is 5.09. The highest BCUT2D eigenvalue weighted by Crippen LogP contribution is 2.27. The average Bonchev–Trinajstić information content (AvgIpc) is 3.40. The fourth-order valence-electron chi connectivity index (χ4n) is 4.25. The summed E-state index contributed by atoms with van der Waals surface area (Å²) in [5.41, 5.74) is 3.88. The van der Waals surface area contributed by atoms with Crippen molar-refractivity contribution in [1.82, 2.24) is 19.4 Å². The van der Waals surface area contributed by atoms with E-state index in [1.165, 1.54) is 16.9 Å². The van der Waals surface area contributed by atoms with Gasteiger partial charge in [0.25, 0.3) is 5.91 Å². The maximum atomic E-state index is 13.0. The summed E-state index contributed by atoms with van der Waals surface area (Å²) in [4.78, 5) is 24.2. The summed E-state index contributed by atoms with van der Waals surface area (Å²) in [6, 6.07) is 18.3. The molecule has 0 N–H and O–H groups in total. The molecule has 4 aromatic rings. The molecular weight excluding hydrogens is 392 g/mol. The van der Waals surface area contributed by atoms with Crippen LogP contribution < -0.4 is 0 Å². The summed E-state index contributed by atoms with van der Waals surface area (Å²) in [6.45, 7) is 4.61. The van der Waals surface area contributed by atoms with Crippen LogP contribution in [0.15, 0.2) is 60.0 Å². The van der Waals surface area contributed by atoms with Gasteiger partial charge < -0.3 is 9.47 Å². The van der Waals surface area contributed by atoms with Crippen LogP contribution in [0.3, 0.4) is 0 Å². The Labute approximate surface area is 180 Å². The zero-order valence-corrected chi connectivity index (χ0v) is 17.8. The Morgan fingerprint density at radius 2 is 1.77 bits per heavy atom. The molecular formula is C24H24N4OS. The lowest BCUT2D eigenvalue weighted by atomic mass is 9.96. The van der Waals surface area contributed by atoms with Gasteiger partial charge in [-0.25, -0.2) is 9.97 Å². The average molecular weight is 417 g/mol. The topological polar surface area (TPSA) is 51.0 Å². The van der Waals surface area contributed by atoms with E-state index in [0.29, 0.717) is 11.6 Å². The number of benzene rings is 2. The van der Waals surface area contributed by atoms with Crippen LogP contribution in [0.2, 0.25) is 0 Å². The number of carbonyl (C=O) groups excluding carboxylic acids is 1. The largest absolute Gasteiger partial charge is 0.337 e. The smallest absolute Gasteiger partial charge is 0.273 e. The van der Waals surface area contributed by atoms with E-state index in [4.69, 9.17) is 0 Å². The van der Waals surface area contributed by atoms with E-state index in [1.807, 2.05) is 46.7 Å². The van der Waals surface area contributed by atoms with E-state index in [1.54, 1.807) is 0 Å². The van der Waals surface area contributed by atoms with Gasteiger partial charge in [-0.1, -0.05) is 42.5 Å². The van der Waals surface area contributed by atoms with Crippen molar-refractivity contribution in [1.29, 1.82) is 0 Å². The molecule has 0 atom stereocenters. The van der Waals surface area contributed by atoms with E-state index in [-0.39, 0.29) is 5.91 Å². The van der Waals surface area contributed by atoms with Crippen molar-refractivity contribution in [2.24, 2.45) is 5.92 Å². The second-order valence-corrected chi connectivity index (χ2v) is 8.76. The number of imidazole rings is 1. The zero-order valence-electron chi connectivity index (χ0n) is 17.0. The van der Waals surface area contributed by atoms with Crippen LogP contribution in [0.1, 0.15) is 29.2 Å². The first-order valence-electron chi connectivity index (χ1n) is 10.4. The van der Waals surface area contributed by atoms with Gasteiger partial charge in [-0.3, -0.25) is 4.79 Å². The fraction of sp³-hybridized carbons (Fsp3) is 0.292. The van der Waals surface area contributed by atoms with Crippen LogP contribution in [0.25, 0.3) is 21.6 Å². The summed E-state index contributed by atoms with van der Waals surface area (Å²) >= 11 is 1.53. The van der Waals surface area contributed by atoms with Crippen molar-refractivity contribution in [3.8, 4) is 10.6 Å². The van der Waals surface area contributed by atoms with Crippen molar-refractivity contribution in [2.45, 2.75) is 26.3 Å². The number of thiazole rings is 1. The summed E-state index contributed by atoms with van der Waals surface area (Å²) in [6.07, 6.45) is 2.01. The number of amides is 1. The predicted molar refractivity (Wildman–Crippen MR) is 121 cm³/mol. The quantitative estimate of drug-likeness (QED) is 0.469. The van der Waals surface area contributed by atoms with E-state index >= 15 is 0 Å². The van der Waals surface area contributed by atoms with Gasteiger partial charge >= 0.3 is 0 Å². The third kappa shape index (κ3) is 3.63. The van der Waals surface area contributed by atoms with E-state index in [0.717, 1.165) is 54.4 Å². The van der Waals surface area contributed by atoms with Crippen molar-refractivity contribution in [3.05, 3.63) is 71.5 Å². The molecule has 0 bridgehead atoms. The second-order valence-electron chi connectivity index (χ2n) is 7.90. The predicted octanol–water partition coefficient (Wildman–Crippen LogP) is 5.02. The number of rotatable bonds is 4. The van der Waals surface area contributed by atoms with Gasteiger partial charge in [0.1, 0.15) is 16.5 Å². The van der Waals surface area contributed by atoms with Crippen molar-refractivity contribution >= 4 is 28.3 Å². The molecule has 3 heterocycles. The van der Waals surface area contributed by atoms with Crippen LogP contribution in [-0.4, -0.2) is 38.4 Å². The minimum Gasteiger partial charge on any atom is -0.337 e. The molecule has 5 nitrogen and oxygen atoms in total. The monoisotopic (exact) mass is 416 g/mol. The Hall–Kier alpha value is -2.99.